The standard InChI is InChI=1S/C12H10ClFN2O3/c13-8-5-7(14)1-2-9(8)15-10-6-11(18)16(3-4-17)12(10)19/h1-2,5-6,15,17H,3-4H2. The van der Waals surface area contributed by atoms with Crippen molar-refractivity contribution < 1.29 is 19.1 Å². The number of rotatable bonds is 4. The van der Waals surface area contributed by atoms with E-state index in [9.17, 15) is 14.0 Å². The Morgan fingerprint density at radius 2 is 2.11 bits per heavy atom. The van der Waals surface area contributed by atoms with Crippen LogP contribution in [0, 0.1) is 5.82 Å². The summed E-state index contributed by atoms with van der Waals surface area (Å²) >= 11 is 5.81. The molecule has 1 aromatic rings. The van der Waals surface area contributed by atoms with E-state index < -0.39 is 17.6 Å². The zero-order valence-electron chi connectivity index (χ0n) is 9.69. The molecule has 2 amide bonds. The number of benzene rings is 1. The van der Waals surface area contributed by atoms with Gasteiger partial charge in [-0.2, -0.15) is 0 Å². The molecular formula is C12H10ClFN2O3. The number of hydrogen-bond acceptors (Lipinski definition) is 4. The third-order valence-corrected chi connectivity index (χ3v) is 2.85. The third-order valence-electron chi connectivity index (χ3n) is 2.53. The van der Waals surface area contributed by atoms with Crippen LogP contribution in [-0.4, -0.2) is 35.0 Å². The quantitative estimate of drug-likeness (QED) is 0.814. The van der Waals surface area contributed by atoms with Gasteiger partial charge in [-0.15, -0.1) is 0 Å². The van der Waals surface area contributed by atoms with Crippen LogP contribution in [0.4, 0.5) is 10.1 Å². The van der Waals surface area contributed by atoms with E-state index in [0.29, 0.717) is 5.69 Å². The molecule has 0 saturated carbocycles. The number of nitrogens with zero attached hydrogens (tertiary/aromatic N) is 1. The van der Waals surface area contributed by atoms with Crippen molar-refractivity contribution in [1.82, 2.24) is 4.90 Å². The Morgan fingerprint density at radius 3 is 2.74 bits per heavy atom. The number of nitrogens with one attached hydrogen (secondary N) is 1. The SMILES string of the molecule is O=C1C=C(Nc2ccc(F)cc2Cl)C(=O)N1CCO. The highest BCUT2D eigenvalue weighted by Crippen LogP contribution is 2.25. The second-order valence-corrected chi connectivity index (χ2v) is 4.23. The average molecular weight is 285 g/mol. The fourth-order valence-electron chi connectivity index (χ4n) is 1.65. The maximum atomic E-state index is 12.9. The average Bonchev–Trinajstić information content (AvgIpc) is 2.61. The zero-order chi connectivity index (χ0) is 14.0. The number of β-amino-alcohol motifs (C(OH)–C–C–N with tert-alkyl or cyclic N) is 1. The van der Waals surface area contributed by atoms with Gasteiger partial charge in [0.2, 0.25) is 0 Å². The first-order chi connectivity index (χ1) is 9.02. The van der Waals surface area contributed by atoms with Crippen molar-refractivity contribution in [1.29, 1.82) is 0 Å². The number of carbonyl (C=O) groups excluding carboxylic acids is 2. The number of aliphatic hydroxyl groups is 1. The number of carbonyl (C=O) groups is 2. The highest BCUT2D eigenvalue weighted by Gasteiger charge is 2.30. The molecule has 0 bridgehead atoms. The molecule has 7 heteroatoms. The molecule has 19 heavy (non-hydrogen) atoms. The van der Waals surface area contributed by atoms with Gasteiger partial charge in [-0.25, -0.2) is 4.39 Å². The van der Waals surface area contributed by atoms with Crippen LogP contribution in [0.5, 0.6) is 0 Å². The van der Waals surface area contributed by atoms with Crippen molar-refractivity contribution in [2.24, 2.45) is 0 Å². The van der Waals surface area contributed by atoms with Gasteiger partial charge < -0.3 is 10.4 Å². The van der Waals surface area contributed by atoms with Gasteiger partial charge in [-0.1, -0.05) is 11.6 Å². The molecule has 0 spiro atoms. The highest BCUT2D eigenvalue weighted by molar-refractivity contribution is 6.33. The summed E-state index contributed by atoms with van der Waals surface area (Å²) in [6.07, 6.45) is 1.11. The summed E-state index contributed by atoms with van der Waals surface area (Å²) in [6, 6.07) is 3.64. The minimum Gasteiger partial charge on any atom is -0.395 e. The van der Waals surface area contributed by atoms with Crippen molar-refractivity contribution in [3.05, 3.63) is 40.8 Å². The summed E-state index contributed by atoms with van der Waals surface area (Å²) in [5.41, 5.74) is 0.355. The van der Waals surface area contributed by atoms with Crippen LogP contribution in [-0.2, 0) is 9.59 Å². The molecule has 0 radical (unpaired) electrons. The van der Waals surface area contributed by atoms with Crippen LogP contribution in [0.3, 0.4) is 0 Å². The summed E-state index contributed by atoms with van der Waals surface area (Å²) in [4.78, 5) is 24.2. The van der Waals surface area contributed by atoms with Gasteiger partial charge in [0.25, 0.3) is 11.8 Å². The molecule has 0 saturated heterocycles. The van der Waals surface area contributed by atoms with Crippen LogP contribution >= 0.6 is 11.6 Å². The fraction of sp³-hybridized carbons (Fsp3) is 0.167. The van der Waals surface area contributed by atoms with Crippen LogP contribution in [0.2, 0.25) is 5.02 Å². The number of amides is 2. The van der Waals surface area contributed by atoms with Gasteiger partial charge in [0, 0.05) is 6.08 Å². The summed E-state index contributed by atoms with van der Waals surface area (Å²) < 4.78 is 12.9. The number of anilines is 1. The van der Waals surface area contributed by atoms with E-state index >= 15 is 0 Å². The number of hydrogen-bond donors (Lipinski definition) is 2. The first-order valence-electron chi connectivity index (χ1n) is 5.43. The minimum absolute atomic E-state index is 0.0342. The van der Waals surface area contributed by atoms with Crippen molar-refractivity contribution in [3.63, 3.8) is 0 Å². The topological polar surface area (TPSA) is 69.6 Å². The Hall–Kier alpha value is -1.92. The van der Waals surface area contributed by atoms with Crippen LogP contribution in [0.1, 0.15) is 0 Å². The Bertz CT molecular complexity index is 574. The predicted octanol–water partition coefficient (Wildman–Crippen LogP) is 1.14. The van der Waals surface area contributed by atoms with Crippen molar-refractivity contribution in [3.8, 4) is 0 Å². The minimum atomic E-state index is -0.556. The third kappa shape index (κ3) is 2.74. The number of imide groups is 1. The predicted molar refractivity (Wildman–Crippen MR) is 66.9 cm³/mol. The fourth-order valence-corrected chi connectivity index (χ4v) is 1.86. The van der Waals surface area contributed by atoms with Gasteiger partial charge in [0.05, 0.1) is 23.9 Å². The first kappa shape index (κ1) is 13.5. The van der Waals surface area contributed by atoms with Gasteiger partial charge in [0.1, 0.15) is 11.5 Å². The van der Waals surface area contributed by atoms with E-state index in [1.807, 2.05) is 0 Å². The van der Waals surface area contributed by atoms with E-state index in [1.54, 1.807) is 0 Å². The Balaban J connectivity index is 2.18. The Morgan fingerprint density at radius 1 is 1.37 bits per heavy atom. The molecule has 0 aromatic heterocycles. The molecule has 1 aromatic carbocycles. The van der Waals surface area contributed by atoms with Crippen molar-refractivity contribution >= 4 is 29.1 Å². The molecule has 0 unspecified atom stereocenters. The van der Waals surface area contributed by atoms with Crippen LogP contribution in [0.25, 0.3) is 0 Å². The molecule has 100 valence electrons. The van der Waals surface area contributed by atoms with Gasteiger partial charge in [-0.05, 0) is 18.2 Å². The summed E-state index contributed by atoms with van der Waals surface area (Å²) in [5, 5.41) is 11.5. The maximum Gasteiger partial charge on any atom is 0.277 e. The second-order valence-electron chi connectivity index (χ2n) is 3.83. The molecule has 2 rings (SSSR count). The monoisotopic (exact) mass is 284 g/mol. The highest BCUT2D eigenvalue weighted by atomic mass is 35.5. The number of halogens is 2. The summed E-state index contributed by atoms with van der Waals surface area (Å²) in [5.74, 6) is -1.57. The van der Waals surface area contributed by atoms with Crippen molar-refractivity contribution in [2.75, 3.05) is 18.5 Å². The van der Waals surface area contributed by atoms with Crippen LogP contribution < -0.4 is 5.32 Å². The molecule has 1 aliphatic heterocycles. The van der Waals surface area contributed by atoms with Crippen LogP contribution in [0.15, 0.2) is 30.0 Å². The lowest BCUT2D eigenvalue weighted by molar-refractivity contribution is -0.137. The summed E-state index contributed by atoms with van der Waals surface area (Å²) in [7, 11) is 0. The number of aliphatic hydroxyl groups excluding tert-OH is 1. The molecule has 1 aliphatic rings. The molecule has 5 nitrogen and oxygen atoms in total. The molecular weight excluding hydrogens is 275 g/mol. The second kappa shape index (κ2) is 5.38. The molecule has 1 heterocycles. The van der Waals surface area contributed by atoms with Gasteiger partial charge >= 0.3 is 0 Å². The van der Waals surface area contributed by atoms with E-state index in [-0.39, 0.29) is 23.9 Å². The normalized spacial score (nSPS) is 14.9. The van der Waals surface area contributed by atoms with E-state index in [2.05, 4.69) is 5.32 Å². The van der Waals surface area contributed by atoms with E-state index in [1.165, 1.54) is 12.1 Å². The lowest BCUT2D eigenvalue weighted by Gasteiger charge is -2.13. The molecule has 0 aliphatic carbocycles. The molecule has 0 atom stereocenters. The largest absolute Gasteiger partial charge is 0.395 e. The smallest absolute Gasteiger partial charge is 0.277 e. The molecule has 0 fully saturated rings. The lowest BCUT2D eigenvalue weighted by atomic mass is 10.3. The summed E-state index contributed by atoms with van der Waals surface area (Å²) in [6.45, 7) is -0.383. The van der Waals surface area contributed by atoms with E-state index in [4.69, 9.17) is 16.7 Å². The Labute approximate surface area is 113 Å². The lowest BCUT2D eigenvalue weighted by Crippen LogP contribution is -2.34. The Kier molecular flexibility index (Phi) is 3.82. The zero-order valence-corrected chi connectivity index (χ0v) is 10.4. The first-order valence-corrected chi connectivity index (χ1v) is 5.81. The van der Waals surface area contributed by atoms with Gasteiger partial charge in [0.15, 0.2) is 0 Å². The van der Waals surface area contributed by atoms with Crippen molar-refractivity contribution in [2.45, 2.75) is 0 Å². The maximum absolute atomic E-state index is 12.9. The van der Waals surface area contributed by atoms with E-state index in [0.717, 1.165) is 17.0 Å². The molecule has 2 N–H and O–H groups in total. The van der Waals surface area contributed by atoms with Gasteiger partial charge in [-0.3, -0.25) is 14.5 Å².